The second-order valence-corrected chi connectivity index (χ2v) is 4.83. The highest BCUT2D eigenvalue weighted by Gasteiger charge is 2.13. The molecule has 23 heavy (non-hydrogen) atoms. The quantitative estimate of drug-likeness (QED) is 0.786. The van der Waals surface area contributed by atoms with Crippen LogP contribution in [0.4, 0.5) is 0 Å². The van der Waals surface area contributed by atoms with Crippen molar-refractivity contribution in [3.8, 4) is 0 Å². The van der Waals surface area contributed by atoms with Gasteiger partial charge in [0, 0.05) is 6.54 Å². The lowest BCUT2D eigenvalue weighted by molar-refractivity contribution is -0.127. The summed E-state index contributed by atoms with van der Waals surface area (Å²) in [6.45, 7) is 1.70. The molecule has 120 valence electrons. The zero-order valence-electron chi connectivity index (χ0n) is 12.8. The van der Waals surface area contributed by atoms with Crippen molar-refractivity contribution in [3.63, 3.8) is 0 Å². The van der Waals surface area contributed by atoms with E-state index < -0.39 is 18.5 Å². The smallest absolute Gasteiger partial charge is 0.339 e. The van der Waals surface area contributed by atoms with Gasteiger partial charge in [0.1, 0.15) is 0 Å². The average molecular weight is 314 g/mol. The summed E-state index contributed by atoms with van der Waals surface area (Å²) in [5, 5.41) is 6.62. The topological polar surface area (TPSA) is 84.5 Å². The number of hydrogen-bond acceptors (Lipinski definition) is 4. The predicted octanol–water partition coefficient (Wildman–Crippen LogP) is 1.25. The van der Waals surface area contributed by atoms with Crippen LogP contribution in [0.1, 0.15) is 17.3 Å². The molecule has 0 atom stereocenters. The summed E-state index contributed by atoms with van der Waals surface area (Å²) in [6, 6.07) is 12.7. The van der Waals surface area contributed by atoms with Crippen LogP contribution in [-0.4, -0.2) is 37.5 Å². The fourth-order valence-corrected chi connectivity index (χ4v) is 2.10. The molecule has 0 aliphatic rings. The Morgan fingerprint density at radius 2 is 1.70 bits per heavy atom. The normalized spacial score (nSPS) is 10.1. The first-order valence-corrected chi connectivity index (χ1v) is 7.30. The van der Waals surface area contributed by atoms with Gasteiger partial charge in [0.2, 0.25) is 5.91 Å². The number of carbonyl (C=O) groups excluding carboxylic acids is 3. The summed E-state index contributed by atoms with van der Waals surface area (Å²) < 4.78 is 5.01. The SMILES string of the molecule is CCNC(=O)CNC(=O)COC(=O)c1cccc2ccccc12. The number of ether oxygens (including phenoxy) is 1. The summed E-state index contributed by atoms with van der Waals surface area (Å²) >= 11 is 0. The molecule has 0 aromatic heterocycles. The Kier molecular flexibility index (Phi) is 5.68. The minimum absolute atomic E-state index is 0.140. The zero-order chi connectivity index (χ0) is 16.7. The Balaban J connectivity index is 1.91. The van der Waals surface area contributed by atoms with Crippen LogP contribution in [0.3, 0.4) is 0 Å². The molecule has 2 amide bonds. The molecule has 0 saturated carbocycles. The molecular weight excluding hydrogens is 296 g/mol. The van der Waals surface area contributed by atoms with Gasteiger partial charge in [-0.1, -0.05) is 36.4 Å². The Bertz CT molecular complexity index is 722. The Morgan fingerprint density at radius 3 is 2.48 bits per heavy atom. The molecule has 2 rings (SSSR count). The standard InChI is InChI=1S/C17H18N2O4/c1-2-18-15(20)10-19-16(21)11-23-17(22)14-9-5-7-12-6-3-4-8-13(12)14/h3-9H,2,10-11H2,1H3,(H,18,20)(H,19,21). The van der Waals surface area contributed by atoms with Gasteiger partial charge in [0.25, 0.3) is 5.91 Å². The van der Waals surface area contributed by atoms with Crippen molar-refractivity contribution >= 4 is 28.6 Å². The number of nitrogens with one attached hydrogen (secondary N) is 2. The van der Waals surface area contributed by atoms with E-state index in [0.717, 1.165) is 10.8 Å². The molecule has 0 bridgehead atoms. The van der Waals surface area contributed by atoms with E-state index in [0.29, 0.717) is 12.1 Å². The fraction of sp³-hybridized carbons (Fsp3) is 0.235. The molecule has 0 spiro atoms. The van der Waals surface area contributed by atoms with Crippen molar-refractivity contribution in [1.82, 2.24) is 10.6 Å². The summed E-state index contributed by atoms with van der Waals surface area (Å²) in [7, 11) is 0. The maximum Gasteiger partial charge on any atom is 0.339 e. The maximum absolute atomic E-state index is 12.1. The molecule has 0 fully saturated rings. The third-order valence-corrected chi connectivity index (χ3v) is 3.16. The first-order chi connectivity index (χ1) is 11.1. The molecule has 0 heterocycles. The molecule has 0 saturated heterocycles. The van der Waals surface area contributed by atoms with Crippen LogP contribution in [0, 0.1) is 0 Å². The van der Waals surface area contributed by atoms with Crippen molar-refractivity contribution in [1.29, 1.82) is 0 Å². The lowest BCUT2D eigenvalue weighted by Crippen LogP contribution is -2.38. The van der Waals surface area contributed by atoms with Crippen molar-refractivity contribution < 1.29 is 19.1 Å². The molecule has 2 aromatic carbocycles. The summed E-state index contributed by atoms with van der Waals surface area (Å²) in [5.41, 5.74) is 0.402. The van der Waals surface area contributed by atoms with E-state index in [4.69, 9.17) is 4.74 Å². The van der Waals surface area contributed by atoms with Crippen LogP contribution in [0.2, 0.25) is 0 Å². The number of esters is 1. The second kappa shape index (κ2) is 7.93. The third-order valence-electron chi connectivity index (χ3n) is 3.16. The Labute approximate surface area is 133 Å². The summed E-state index contributed by atoms with van der Waals surface area (Å²) in [4.78, 5) is 34.9. The number of likely N-dealkylation sites (N-methyl/N-ethyl adjacent to an activating group) is 1. The lowest BCUT2D eigenvalue weighted by atomic mass is 10.1. The number of fused-ring (bicyclic) bond motifs is 1. The van der Waals surface area contributed by atoms with Gasteiger partial charge >= 0.3 is 5.97 Å². The average Bonchev–Trinajstić information content (AvgIpc) is 2.57. The highest BCUT2D eigenvalue weighted by atomic mass is 16.5. The third kappa shape index (κ3) is 4.54. The van der Waals surface area contributed by atoms with Crippen LogP contribution >= 0.6 is 0 Å². The van der Waals surface area contributed by atoms with Crippen LogP contribution in [0.15, 0.2) is 42.5 Å². The Hall–Kier alpha value is -2.89. The van der Waals surface area contributed by atoms with Crippen LogP contribution in [-0.2, 0) is 14.3 Å². The number of carbonyl (C=O) groups is 3. The van der Waals surface area contributed by atoms with Crippen molar-refractivity contribution in [3.05, 3.63) is 48.0 Å². The molecule has 2 N–H and O–H groups in total. The molecular formula is C17H18N2O4. The van der Waals surface area contributed by atoms with Gasteiger partial charge in [-0.15, -0.1) is 0 Å². The van der Waals surface area contributed by atoms with Gasteiger partial charge in [0.15, 0.2) is 6.61 Å². The molecule has 0 aliphatic carbocycles. The number of rotatable bonds is 6. The van der Waals surface area contributed by atoms with Gasteiger partial charge in [-0.2, -0.15) is 0 Å². The minimum Gasteiger partial charge on any atom is -0.452 e. The van der Waals surface area contributed by atoms with Crippen molar-refractivity contribution in [2.24, 2.45) is 0 Å². The van der Waals surface area contributed by atoms with Crippen LogP contribution in [0.25, 0.3) is 10.8 Å². The summed E-state index contributed by atoms with van der Waals surface area (Å²) in [5.74, 6) is -1.39. The van der Waals surface area contributed by atoms with E-state index >= 15 is 0 Å². The van der Waals surface area contributed by atoms with Gasteiger partial charge in [-0.3, -0.25) is 9.59 Å². The number of hydrogen-bond donors (Lipinski definition) is 2. The number of benzene rings is 2. The first-order valence-electron chi connectivity index (χ1n) is 7.30. The van der Waals surface area contributed by atoms with E-state index in [1.807, 2.05) is 30.3 Å². The van der Waals surface area contributed by atoms with Crippen molar-refractivity contribution in [2.45, 2.75) is 6.92 Å². The summed E-state index contributed by atoms with van der Waals surface area (Å²) in [6.07, 6.45) is 0. The highest BCUT2D eigenvalue weighted by Crippen LogP contribution is 2.19. The molecule has 6 nitrogen and oxygen atoms in total. The van der Waals surface area contributed by atoms with Gasteiger partial charge in [-0.05, 0) is 23.8 Å². The largest absolute Gasteiger partial charge is 0.452 e. The molecule has 0 unspecified atom stereocenters. The predicted molar refractivity (Wildman–Crippen MR) is 85.9 cm³/mol. The van der Waals surface area contributed by atoms with E-state index in [-0.39, 0.29) is 12.5 Å². The van der Waals surface area contributed by atoms with Gasteiger partial charge in [0.05, 0.1) is 12.1 Å². The molecule has 0 aliphatic heterocycles. The number of amides is 2. The minimum atomic E-state index is -0.574. The van der Waals surface area contributed by atoms with E-state index in [2.05, 4.69) is 10.6 Å². The fourth-order valence-electron chi connectivity index (χ4n) is 2.10. The van der Waals surface area contributed by atoms with Crippen LogP contribution < -0.4 is 10.6 Å². The highest BCUT2D eigenvalue weighted by molar-refractivity contribution is 6.04. The molecule has 0 radical (unpaired) electrons. The Morgan fingerprint density at radius 1 is 0.957 bits per heavy atom. The zero-order valence-corrected chi connectivity index (χ0v) is 12.8. The monoisotopic (exact) mass is 314 g/mol. The van der Waals surface area contributed by atoms with Crippen molar-refractivity contribution in [2.75, 3.05) is 19.7 Å². The van der Waals surface area contributed by atoms with E-state index in [1.54, 1.807) is 19.1 Å². The van der Waals surface area contributed by atoms with Gasteiger partial charge < -0.3 is 15.4 Å². The molecule has 2 aromatic rings. The lowest BCUT2D eigenvalue weighted by Gasteiger charge is -2.08. The molecule has 6 heteroatoms. The van der Waals surface area contributed by atoms with E-state index in [9.17, 15) is 14.4 Å². The van der Waals surface area contributed by atoms with Gasteiger partial charge in [-0.25, -0.2) is 4.79 Å². The second-order valence-electron chi connectivity index (χ2n) is 4.83. The maximum atomic E-state index is 12.1. The first kappa shape index (κ1) is 16.5. The van der Waals surface area contributed by atoms with Crippen LogP contribution in [0.5, 0.6) is 0 Å². The van der Waals surface area contributed by atoms with E-state index in [1.165, 1.54) is 0 Å².